The van der Waals surface area contributed by atoms with Gasteiger partial charge < -0.3 is 9.88 Å². The van der Waals surface area contributed by atoms with Crippen LogP contribution in [-0.2, 0) is 0 Å². The van der Waals surface area contributed by atoms with Gasteiger partial charge in [-0.25, -0.2) is 0 Å². The van der Waals surface area contributed by atoms with Crippen molar-refractivity contribution in [3.63, 3.8) is 0 Å². The summed E-state index contributed by atoms with van der Waals surface area (Å²) in [5.74, 6) is -0.00773. The first kappa shape index (κ1) is 12.5. The molecule has 88 valence electrons. The van der Waals surface area contributed by atoms with Crippen molar-refractivity contribution in [3.8, 4) is 0 Å². The molecule has 0 saturated heterocycles. The van der Waals surface area contributed by atoms with Gasteiger partial charge >= 0.3 is 0 Å². The summed E-state index contributed by atoms with van der Waals surface area (Å²) >= 11 is 5.62. The largest absolute Gasteiger partial charge is 0.351 e. The standard InChI is InChI=1S/C9H12ClN3O3/c1-6(4-10)12(2)9(14)8-3-7(5-11-8)13(15)16/h3,5-6,11H,4H2,1-2H3. The zero-order valence-corrected chi connectivity index (χ0v) is 9.69. The summed E-state index contributed by atoms with van der Waals surface area (Å²) in [5.41, 5.74) is 0.0569. The number of carbonyl (C=O) groups is 1. The zero-order chi connectivity index (χ0) is 12.3. The van der Waals surface area contributed by atoms with Gasteiger partial charge in [-0.05, 0) is 6.92 Å². The normalized spacial score (nSPS) is 12.2. The topological polar surface area (TPSA) is 79.2 Å². The van der Waals surface area contributed by atoms with Gasteiger partial charge in [0.2, 0.25) is 0 Å². The Labute approximate surface area is 97.3 Å². The number of rotatable bonds is 4. The number of aromatic amines is 1. The van der Waals surface area contributed by atoms with Gasteiger partial charge in [0.1, 0.15) is 5.69 Å². The van der Waals surface area contributed by atoms with Gasteiger partial charge in [0.25, 0.3) is 11.6 Å². The molecule has 1 N–H and O–H groups in total. The summed E-state index contributed by atoms with van der Waals surface area (Å²) in [6.07, 6.45) is 1.19. The van der Waals surface area contributed by atoms with Crippen LogP contribution >= 0.6 is 11.6 Å². The third-order valence-electron chi connectivity index (χ3n) is 2.31. The molecule has 7 heteroatoms. The van der Waals surface area contributed by atoms with Crippen molar-refractivity contribution >= 4 is 23.2 Å². The summed E-state index contributed by atoms with van der Waals surface area (Å²) in [7, 11) is 1.60. The fraction of sp³-hybridized carbons (Fsp3) is 0.444. The first-order valence-electron chi connectivity index (χ1n) is 4.63. The van der Waals surface area contributed by atoms with E-state index in [1.54, 1.807) is 14.0 Å². The van der Waals surface area contributed by atoms with Crippen molar-refractivity contribution in [2.75, 3.05) is 12.9 Å². The van der Waals surface area contributed by atoms with Gasteiger partial charge in [-0.3, -0.25) is 14.9 Å². The third kappa shape index (κ3) is 2.52. The fourth-order valence-electron chi connectivity index (χ4n) is 1.11. The minimum atomic E-state index is -0.557. The lowest BCUT2D eigenvalue weighted by Gasteiger charge is -2.22. The van der Waals surface area contributed by atoms with Crippen LogP contribution in [0.2, 0.25) is 0 Å². The molecule has 0 aliphatic carbocycles. The molecular weight excluding hydrogens is 234 g/mol. The van der Waals surface area contributed by atoms with E-state index in [2.05, 4.69) is 4.98 Å². The molecular formula is C9H12ClN3O3. The van der Waals surface area contributed by atoms with Gasteiger partial charge in [0, 0.05) is 25.0 Å². The highest BCUT2D eigenvalue weighted by Gasteiger charge is 2.20. The smallest absolute Gasteiger partial charge is 0.287 e. The number of nitrogens with one attached hydrogen (secondary N) is 1. The number of nitrogens with zero attached hydrogens (tertiary/aromatic N) is 2. The Morgan fingerprint density at radius 1 is 1.75 bits per heavy atom. The molecule has 1 aromatic heterocycles. The molecule has 0 aliphatic heterocycles. The van der Waals surface area contributed by atoms with E-state index < -0.39 is 4.92 Å². The average molecular weight is 246 g/mol. The van der Waals surface area contributed by atoms with Crippen LogP contribution in [-0.4, -0.2) is 39.7 Å². The lowest BCUT2D eigenvalue weighted by molar-refractivity contribution is -0.384. The molecule has 0 aliphatic rings. The Morgan fingerprint density at radius 2 is 2.38 bits per heavy atom. The van der Waals surface area contributed by atoms with Crippen LogP contribution in [0.4, 0.5) is 5.69 Å². The van der Waals surface area contributed by atoms with Crippen LogP contribution in [0.15, 0.2) is 12.3 Å². The quantitative estimate of drug-likeness (QED) is 0.497. The van der Waals surface area contributed by atoms with Gasteiger partial charge in [-0.2, -0.15) is 0 Å². The zero-order valence-electron chi connectivity index (χ0n) is 8.94. The summed E-state index contributed by atoms with van der Waals surface area (Å²) in [6, 6.07) is 1.08. The summed E-state index contributed by atoms with van der Waals surface area (Å²) in [6.45, 7) is 1.79. The molecule has 1 rings (SSSR count). The van der Waals surface area contributed by atoms with Crippen molar-refractivity contribution in [1.29, 1.82) is 0 Å². The van der Waals surface area contributed by atoms with Crippen molar-refractivity contribution in [3.05, 3.63) is 28.1 Å². The van der Waals surface area contributed by atoms with E-state index >= 15 is 0 Å². The lowest BCUT2D eigenvalue weighted by atomic mass is 10.3. The maximum Gasteiger partial charge on any atom is 0.287 e. The van der Waals surface area contributed by atoms with Gasteiger partial charge in [0.15, 0.2) is 0 Å². The Hall–Kier alpha value is -1.56. The van der Waals surface area contributed by atoms with Crippen LogP contribution in [0.3, 0.4) is 0 Å². The predicted molar refractivity (Wildman–Crippen MR) is 59.7 cm³/mol. The third-order valence-corrected chi connectivity index (χ3v) is 2.76. The Balaban J connectivity index is 2.84. The number of aromatic nitrogens is 1. The van der Waals surface area contributed by atoms with E-state index in [0.29, 0.717) is 5.88 Å². The molecule has 1 atom stereocenters. The van der Waals surface area contributed by atoms with Crippen LogP contribution in [0.5, 0.6) is 0 Å². The van der Waals surface area contributed by atoms with Gasteiger partial charge in [0.05, 0.1) is 11.1 Å². The maximum atomic E-state index is 11.8. The molecule has 0 saturated carbocycles. The second-order valence-corrected chi connectivity index (χ2v) is 3.76. The minimum Gasteiger partial charge on any atom is -0.351 e. The maximum absolute atomic E-state index is 11.8. The van der Waals surface area contributed by atoms with Crippen LogP contribution in [0.1, 0.15) is 17.4 Å². The summed E-state index contributed by atoms with van der Waals surface area (Å²) in [5, 5.41) is 10.4. The Kier molecular flexibility index (Phi) is 3.89. The fourth-order valence-corrected chi connectivity index (χ4v) is 1.31. The number of hydrogen-bond acceptors (Lipinski definition) is 3. The molecule has 1 aromatic rings. The molecule has 1 unspecified atom stereocenters. The van der Waals surface area contributed by atoms with Crippen LogP contribution in [0.25, 0.3) is 0 Å². The highest BCUT2D eigenvalue weighted by molar-refractivity contribution is 6.18. The predicted octanol–water partition coefficient (Wildman–Crippen LogP) is 1.62. The van der Waals surface area contributed by atoms with E-state index in [9.17, 15) is 14.9 Å². The second kappa shape index (κ2) is 4.98. The van der Waals surface area contributed by atoms with E-state index in [-0.39, 0.29) is 23.3 Å². The SMILES string of the molecule is CC(CCl)N(C)C(=O)c1cc([N+](=O)[O-])c[nH]1. The molecule has 0 fully saturated rings. The monoisotopic (exact) mass is 245 g/mol. The number of nitro groups is 1. The molecule has 0 aromatic carbocycles. The Bertz CT molecular complexity index is 404. The van der Waals surface area contributed by atoms with E-state index in [4.69, 9.17) is 11.6 Å². The van der Waals surface area contributed by atoms with Crippen molar-refractivity contribution in [1.82, 2.24) is 9.88 Å². The number of amides is 1. The highest BCUT2D eigenvalue weighted by atomic mass is 35.5. The van der Waals surface area contributed by atoms with E-state index in [1.165, 1.54) is 17.2 Å². The van der Waals surface area contributed by atoms with Crippen molar-refractivity contribution in [2.45, 2.75) is 13.0 Å². The molecule has 6 nitrogen and oxygen atoms in total. The molecule has 0 radical (unpaired) electrons. The van der Waals surface area contributed by atoms with Crippen molar-refractivity contribution in [2.24, 2.45) is 0 Å². The highest BCUT2D eigenvalue weighted by Crippen LogP contribution is 2.14. The molecule has 0 spiro atoms. The lowest BCUT2D eigenvalue weighted by Crippen LogP contribution is -2.36. The molecule has 16 heavy (non-hydrogen) atoms. The number of hydrogen-bond donors (Lipinski definition) is 1. The summed E-state index contributed by atoms with van der Waals surface area (Å²) in [4.78, 5) is 25.7. The van der Waals surface area contributed by atoms with Crippen LogP contribution < -0.4 is 0 Å². The number of halogens is 1. The Morgan fingerprint density at radius 3 is 2.81 bits per heavy atom. The number of H-pyrrole nitrogens is 1. The van der Waals surface area contributed by atoms with E-state index in [0.717, 1.165) is 0 Å². The first-order chi connectivity index (χ1) is 7.47. The van der Waals surface area contributed by atoms with E-state index in [1.807, 2.05) is 0 Å². The number of alkyl halides is 1. The molecule has 1 heterocycles. The number of carbonyl (C=O) groups excluding carboxylic acids is 1. The van der Waals surface area contributed by atoms with Gasteiger partial charge in [-0.1, -0.05) is 0 Å². The minimum absolute atomic E-state index is 0.128. The first-order valence-corrected chi connectivity index (χ1v) is 5.16. The van der Waals surface area contributed by atoms with Gasteiger partial charge in [-0.15, -0.1) is 11.6 Å². The second-order valence-electron chi connectivity index (χ2n) is 3.45. The van der Waals surface area contributed by atoms with Crippen molar-refractivity contribution < 1.29 is 9.72 Å². The molecule has 1 amide bonds. The molecule has 0 bridgehead atoms. The summed E-state index contributed by atoms with van der Waals surface area (Å²) < 4.78 is 0. The van der Waals surface area contributed by atoms with Crippen LogP contribution in [0, 0.1) is 10.1 Å². The average Bonchev–Trinajstić information content (AvgIpc) is 2.75.